The van der Waals surface area contributed by atoms with Crippen molar-refractivity contribution in [2.75, 3.05) is 5.32 Å². The van der Waals surface area contributed by atoms with Crippen LogP contribution in [0.2, 0.25) is 0 Å². The van der Waals surface area contributed by atoms with Crippen LogP contribution in [0.1, 0.15) is 32.5 Å². The van der Waals surface area contributed by atoms with Crippen molar-refractivity contribution < 1.29 is 27.9 Å². The van der Waals surface area contributed by atoms with E-state index in [9.17, 15) is 27.9 Å². The van der Waals surface area contributed by atoms with E-state index in [1.165, 1.54) is 30.3 Å². The van der Waals surface area contributed by atoms with Crippen LogP contribution in [0.5, 0.6) is 0 Å². The Morgan fingerprint density at radius 1 is 1.07 bits per heavy atom. The molecule has 1 atom stereocenters. The van der Waals surface area contributed by atoms with Gasteiger partial charge in [-0.15, -0.1) is 11.3 Å². The van der Waals surface area contributed by atoms with Crippen molar-refractivity contribution in [3.05, 3.63) is 75.2 Å². The SMILES string of the molecule is O=C1C[C@H](c2ccc(F)cc2F)c2sc(C(=O)O)c(-c3ccc(F)cc3)c2N1. The first-order chi connectivity index (χ1) is 13.3. The number of aromatic carboxylic acids is 1. The number of carbonyl (C=O) groups is 2. The summed E-state index contributed by atoms with van der Waals surface area (Å²) >= 11 is 0.919. The highest BCUT2D eigenvalue weighted by Gasteiger charge is 2.35. The van der Waals surface area contributed by atoms with Gasteiger partial charge in [0.15, 0.2) is 0 Å². The first kappa shape index (κ1) is 18.2. The molecule has 0 aliphatic carbocycles. The van der Waals surface area contributed by atoms with Gasteiger partial charge in [0.2, 0.25) is 5.91 Å². The molecule has 4 rings (SSSR count). The average Bonchev–Trinajstić information content (AvgIpc) is 3.01. The number of carboxylic acids is 1. The lowest BCUT2D eigenvalue weighted by molar-refractivity contribution is -0.116. The van der Waals surface area contributed by atoms with Crippen molar-refractivity contribution in [1.29, 1.82) is 0 Å². The number of fused-ring (bicyclic) bond motifs is 1. The smallest absolute Gasteiger partial charge is 0.346 e. The molecule has 1 amide bonds. The topological polar surface area (TPSA) is 66.4 Å². The second-order valence-corrected chi connectivity index (χ2v) is 7.38. The molecule has 0 bridgehead atoms. The summed E-state index contributed by atoms with van der Waals surface area (Å²) in [6.45, 7) is 0. The van der Waals surface area contributed by atoms with Crippen molar-refractivity contribution >= 4 is 28.9 Å². The minimum Gasteiger partial charge on any atom is -0.477 e. The molecule has 0 saturated carbocycles. The van der Waals surface area contributed by atoms with E-state index in [0.29, 0.717) is 10.4 Å². The fraction of sp³-hybridized carbons (Fsp3) is 0.100. The van der Waals surface area contributed by atoms with Gasteiger partial charge in [0.1, 0.15) is 22.3 Å². The largest absolute Gasteiger partial charge is 0.477 e. The Kier molecular flexibility index (Phi) is 4.43. The second kappa shape index (κ2) is 6.79. The Morgan fingerprint density at radius 3 is 2.39 bits per heavy atom. The lowest BCUT2D eigenvalue weighted by Gasteiger charge is -2.24. The number of anilines is 1. The van der Waals surface area contributed by atoms with Crippen LogP contribution in [0.3, 0.4) is 0 Å². The highest BCUT2D eigenvalue weighted by molar-refractivity contribution is 7.15. The van der Waals surface area contributed by atoms with E-state index in [0.717, 1.165) is 23.5 Å². The molecule has 0 radical (unpaired) electrons. The Bertz CT molecular complexity index is 1110. The molecule has 2 N–H and O–H groups in total. The molecule has 2 heterocycles. The molecule has 1 aliphatic heterocycles. The molecule has 2 aromatic carbocycles. The third kappa shape index (κ3) is 3.05. The minimum absolute atomic E-state index is 0.0497. The van der Waals surface area contributed by atoms with E-state index in [1.807, 2.05) is 0 Å². The molecular weight excluding hydrogens is 391 g/mol. The summed E-state index contributed by atoms with van der Waals surface area (Å²) in [6.07, 6.45) is -0.0992. The fourth-order valence-corrected chi connectivity index (χ4v) is 4.60. The average molecular weight is 403 g/mol. The summed E-state index contributed by atoms with van der Waals surface area (Å²) in [5, 5.41) is 12.3. The summed E-state index contributed by atoms with van der Waals surface area (Å²) in [7, 11) is 0. The zero-order chi connectivity index (χ0) is 20.0. The number of halogens is 3. The molecule has 1 aromatic heterocycles. The van der Waals surface area contributed by atoms with Gasteiger partial charge in [-0.1, -0.05) is 18.2 Å². The molecule has 28 heavy (non-hydrogen) atoms. The third-order valence-corrected chi connectivity index (χ3v) is 5.86. The molecule has 142 valence electrons. The molecule has 4 nitrogen and oxygen atoms in total. The zero-order valence-corrected chi connectivity index (χ0v) is 14.9. The maximum Gasteiger partial charge on any atom is 0.346 e. The number of carbonyl (C=O) groups excluding carboxylic acids is 1. The highest BCUT2D eigenvalue weighted by atomic mass is 32.1. The maximum absolute atomic E-state index is 14.4. The Morgan fingerprint density at radius 2 is 1.75 bits per heavy atom. The van der Waals surface area contributed by atoms with Gasteiger partial charge < -0.3 is 10.4 Å². The van der Waals surface area contributed by atoms with Crippen LogP contribution < -0.4 is 5.32 Å². The van der Waals surface area contributed by atoms with Crippen LogP contribution in [-0.2, 0) is 4.79 Å². The Balaban J connectivity index is 1.94. The minimum atomic E-state index is -1.22. The van der Waals surface area contributed by atoms with Crippen molar-refractivity contribution in [1.82, 2.24) is 0 Å². The number of hydrogen-bond acceptors (Lipinski definition) is 3. The summed E-state index contributed by atoms with van der Waals surface area (Å²) in [6, 6.07) is 8.29. The van der Waals surface area contributed by atoms with Gasteiger partial charge >= 0.3 is 5.97 Å². The predicted molar refractivity (Wildman–Crippen MR) is 98.1 cm³/mol. The van der Waals surface area contributed by atoms with Gasteiger partial charge in [-0.25, -0.2) is 18.0 Å². The molecule has 0 unspecified atom stereocenters. The van der Waals surface area contributed by atoms with Crippen LogP contribution in [0.4, 0.5) is 18.9 Å². The lowest BCUT2D eigenvalue weighted by Crippen LogP contribution is -2.23. The second-order valence-electron chi connectivity index (χ2n) is 6.33. The fourth-order valence-electron chi connectivity index (χ4n) is 3.36. The molecular formula is C20H12F3NO3S. The van der Waals surface area contributed by atoms with Gasteiger partial charge in [0.25, 0.3) is 0 Å². The van der Waals surface area contributed by atoms with E-state index in [4.69, 9.17) is 0 Å². The molecule has 0 spiro atoms. The van der Waals surface area contributed by atoms with Gasteiger partial charge in [-0.05, 0) is 29.3 Å². The third-order valence-electron chi connectivity index (χ3n) is 4.57. The molecule has 3 aromatic rings. The van der Waals surface area contributed by atoms with Crippen molar-refractivity contribution in [2.45, 2.75) is 12.3 Å². The van der Waals surface area contributed by atoms with E-state index < -0.39 is 35.2 Å². The van der Waals surface area contributed by atoms with E-state index >= 15 is 0 Å². The van der Waals surface area contributed by atoms with Crippen LogP contribution in [0.25, 0.3) is 11.1 Å². The molecule has 0 fully saturated rings. The monoisotopic (exact) mass is 403 g/mol. The van der Waals surface area contributed by atoms with Gasteiger partial charge in [-0.3, -0.25) is 4.79 Å². The maximum atomic E-state index is 14.4. The summed E-state index contributed by atoms with van der Waals surface area (Å²) in [5.41, 5.74) is 1.03. The van der Waals surface area contributed by atoms with Crippen LogP contribution in [0.15, 0.2) is 42.5 Å². The van der Waals surface area contributed by atoms with Crippen LogP contribution in [0, 0.1) is 17.5 Å². The standard InChI is InChI=1S/C20H12F3NO3S/c21-10-3-1-9(2-4-10)16-17-18(28-19(16)20(26)27)13(8-15(25)24-17)12-6-5-11(22)7-14(12)23/h1-7,13H,8H2,(H,24,25)(H,26,27)/t13-/m1/s1. The van der Waals surface area contributed by atoms with Crippen molar-refractivity contribution in [3.8, 4) is 11.1 Å². The van der Waals surface area contributed by atoms with E-state index in [2.05, 4.69) is 5.32 Å². The Hall–Kier alpha value is -3.13. The summed E-state index contributed by atoms with van der Waals surface area (Å²) in [5.74, 6) is -4.42. The molecule has 8 heteroatoms. The number of hydrogen-bond donors (Lipinski definition) is 2. The van der Waals surface area contributed by atoms with Gasteiger partial charge in [-0.2, -0.15) is 0 Å². The summed E-state index contributed by atoms with van der Waals surface area (Å²) < 4.78 is 40.9. The number of carboxylic acid groups (broad SMARTS) is 1. The zero-order valence-electron chi connectivity index (χ0n) is 14.1. The van der Waals surface area contributed by atoms with Crippen molar-refractivity contribution in [2.24, 2.45) is 0 Å². The quantitative estimate of drug-likeness (QED) is 0.647. The van der Waals surface area contributed by atoms with Crippen molar-refractivity contribution in [3.63, 3.8) is 0 Å². The number of amides is 1. The van der Waals surface area contributed by atoms with E-state index in [1.54, 1.807) is 0 Å². The first-order valence-electron chi connectivity index (χ1n) is 8.26. The number of thiophene rings is 1. The number of benzene rings is 2. The predicted octanol–water partition coefficient (Wildman–Crippen LogP) is 5.00. The Labute approximate surface area is 161 Å². The molecule has 0 saturated heterocycles. The number of rotatable bonds is 3. The normalized spacial score (nSPS) is 15.8. The molecule has 1 aliphatic rings. The van der Waals surface area contributed by atoms with Gasteiger partial charge in [0, 0.05) is 28.8 Å². The first-order valence-corrected chi connectivity index (χ1v) is 9.07. The van der Waals surface area contributed by atoms with Crippen LogP contribution in [-0.4, -0.2) is 17.0 Å². The van der Waals surface area contributed by atoms with E-state index in [-0.39, 0.29) is 28.1 Å². The lowest BCUT2D eigenvalue weighted by atomic mass is 9.88. The number of nitrogens with one attached hydrogen (secondary N) is 1. The summed E-state index contributed by atoms with van der Waals surface area (Å²) in [4.78, 5) is 24.5. The highest BCUT2D eigenvalue weighted by Crippen LogP contribution is 2.49. The van der Waals surface area contributed by atoms with Crippen LogP contribution >= 0.6 is 11.3 Å². The van der Waals surface area contributed by atoms with Gasteiger partial charge in [0.05, 0.1) is 5.69 Å².